The summed E-state index contributed by atoms with van der Waals surface area (Å²) in [7, 11) is 0. The Morgan fingerprint density at radius 3 is 1.76 bits per heavy atom. The number of nitrogens with zero attached hydrogens (tertiary/aromatic N) is 3. The van der Waals surface area contributed by atoms with Crippen molar-refractivity contribution in [3.63, 3.8) is 0 Å². The van der Waals surface area contributed by atoms with Gasteiger partial charge in [-0.05, 0) is 55.5 Å². The van der Waals surface area contributed by atoms with Gasteiger partial charge in [-0.25, -0.2) is 4.79 Å². The minimum absolute atomic E-state index is 0.195. The van der Waals surface area contributed by atoms with Crippen LogP contribution in [0.3, 0.4) is 0 Å². The van der Waals surface area contributed by atoms with Gasteiger partial charge in [0.15, 0.2) is 0 Å². The first-order valence-corrected chi connectivity index (χ1v) is 10.8. The van der Waals surface area contributed by atoms with E-state index in [1.54, 1.807) is 31.2 Å². The molecule has 0 heterocycles. The Hall–Kier alpha value is -3.58. The molecule has 0 bridgehead atoms. The summed E-state index contributed by atoms with van der Waals surface area (Å²) in [4.78, 5) is 11.2. The molecule has 2 aromatic carbocycles. The number of rotatable bonds is 16. The van der Waals surface area contributed by atoms with Crippen LogP contribution in [0, 0.1) is 11.3 Å². The fourth-order valence-corrected chi connectivity index (χ4v) is 2.40. The fraction of sp³-hybridized carbons (Fsp3) is 0.360. The molecule has 34 heavy (non-hydrogen) atoms. The number of esters is 1. The molecule has 9 heteroatoms. The minimum atomic E-state index is -0.416. The maximum Gasteiger partial charge on any atom is 0.333 e. The van der Waals surface area contributed by atoms with Crippen LogP contribution < -0.4 is 4.74 Å². The van der Waals surface area contributed by atoms with Crippen molar-refractivity contribution in [3.05, 3.63) is 66.2 Å². The third-order valence-corrected chi connectivity index (χ3v) is 4.16. The van der Waals surface area contributed by atoms with Gasteiger partial charge in [-0.15, -0.1) is 0 Å². The first-order valence-electron chi connectivity index (χ1n) is 10.8. The van der Waals surface area contributed by atoms with Gasteiger partial charge in [-0.1, -0.05) is 6.58 Å². The number of carbonyl (C=O) groups excluding carboxylic acids is 1. The monoisotopic (exact) mass is 467 g/mol. The van der Waals surface area contributed by atoms with Gasteiger partial charge >= 0.3 is 5.97 Å². The Kier molecular flexibility index (Phi) is 12.6. The first kappa shape index (κ1) is 26.7. The summed E-state index contributed by atoms with van der Waals surface area (Å²) in [6.07, 6.45) is 0. The maximum atomic E-state index is 11.2. The van der Waals surface area contributed by atoms with Crippen LogP contribution in [0.1, 0.15) is 12.5 Å². The van der Waals surface area contributed by atoms with E-state index in [1.807, 2.05) is 24.3 Å². The lowest BCUT2D eigenvalue weighted by molar-refractivity contribution is -0.140. The van der Waals surface area contributed by atoms with E-state index in [-0.39, 0.29) is 6.61 Å². The van der Waals surface area contributed by atoms with Crippen LogP contribution in [0.2, 0.25) is 0 Å². The molecular weight excluding hydrogens is 438 g/mol. The number of benzene rings is 2. The predicted molar refractivity (Wildman–Crippen MR) is 126 cm³/mol. The summed E-state index contributed by atoms with van der Waals surface area (Å²) in [6.45, 7) is 8.21. The van der Waals surface area contributed by atoms with Crippen LogP contribution in [-0.4, -0.2) is 58.8 Å². The van der Waals surface area contributed by atoms with Crippen molar-refractivity contribution >= 4 is 17.3 Å². The summed E-state index contributed by atoms with van der Waals surface area (Å²) in [5.74, 6) is 0.295. The molecule has 180 valence electrons. The van der Waals surface area contributed by atoms with Crippen LogP contribution in [0.25, 0.3) is 0 Å². The SMILES string of the molecule is C=C(C)C(=O)OCCOCCOCCOCCOc1ccc(N=Nc2ccc(C#N)cc2)cc1. The minimum Gasteiger partial charge on any atom is -0.491 e. The van der Waals surface area contributed by atoms with Gasteiger partial charge < -0.3 is 23.7 Å². The Balaban J connectivity index is 1.46. The van der Waals surface area contributed by atoms with Crippen LogP contribution in [0.4, 0.5) is 11.4 Å². The van der Waals surface area contributed by atoms with E-state index in [4.69, 9.17) is 28.9 Å². The first-order chi connectivity index (χ1) is 16.6. The second-order valence-electron chi connectivity index (χ2n) is 6.95. The number of carbonyl (C=O) groups is 1. The molecule has 2 aromatic rings. The zero-order chi connectivity index (χ0) is 24.4. The molecule has 0 aliphatic rings. The Bertz CT molecular complexity index is 952. The summed E-state index contributed by atoms with van der Waals surface area (Å²) < 4.78 is 26.7. The summed E-state index contributed by atoms with van der Waals surface area (Å²) in [5.41, 5.74) is 2.32. The standard InChI is InChI=1S/C25H29N3O6/c1-20(2)25(29)34-18-16-32-14-12-30-11-13-31-15-17-33-24-9-7-23(8-10-24)28-27-22-5-3-21(19-26)4-6-22/h3-10H,1,11-18H2,2H3. The second-order valence-corrected chi connectivity index (χ2v) is 6.95. The molecule has 2 rings (SSSR count). The van der Waals surface area contributed by atoms with E-state index in [9.17, 15) is 4.79 Å². The zero-order valence-electron chi connectivity index (χ0n) is 19.3. The summed E-state index contributed by atoms with van der Waals surface area (Å²) >= 11 is 0. The highest BCUT2D eigenvalue weighted by atomic mass is 16.6. The fourth-order valence-electron chi connectivity index (χ4n) is 2.40. The maximum absolute atomic E-state index is 11.2. The van der Waals surface area contributed by atoms with E-state index in [0.29, 0.717) is 74.5 Å². The van der Waals surface area contributed by atoms with Gasteiger partial charge in [0, 0.05) is 5.57 Å². The number of ether oxygens (including phenoxy) is 5. The average Bonchev–Trinajstić information content (AvgIpc) is 2.86. The molecule has 0 amide bonds. The molecule has 0 aromatic heterocycles. The topological polar surface area (TPSA) is 112 Å². The quantitative estimate of drug-likeness (QED) is 0.154. The van der Waals surface area contributed by atoms with E-state index in [1.165, 1.54) is 0 Å². The normalized spacial score (nSPS) is 10.7. The number of hydrogen-bond acceptors (Lipinski definition) is 9. The average molecular weight is 468 g/mol. The second kappa shape index (κ2) is 16.1. The smallest absolute Gasteiger partial charge is 0.333 e. The lowest BCUT2D eigenvalue weighted by Gasteiger charge is -2.08. The van der Waals surface area contributed by atoms with Crippen LogP contribution in [0.5, 0.6) is 5.75 Å². The highest BCUT2D eigenvalue weighted by Gasteiger charge is 2.02. The van der Waals surface area contributed by atoms with Gasteiger partial charge in [0.2, 0.25) is 0 Å². The Morgan fingerprint density at radius 1 is 0.794 bits per heavy atom. The van der Waals surface area contributed by atoms with Crippen molar-refractivity contribution in [2.45, 2.75) is 6.92 Å². The number of nitriles is 1. The van der Waals surface area contributed by atoms with Gasteiger partial charge in [-0.3, -0.25) is 0 Å². The van der Waals surface area contributed by atoms with Crippen LogP contribution in [-0.2, 0) is 23.7 Å². The molecule has 0 saturated carbocycles. The van der Waals surface area contributed by atoms with Gasteiger partial charge in [-0.2, -0.15) is 15.5 Å². The van der Waals surface area contributed by atoms with Gasteiger partial charge in [0.1, 0.15) is 19.0 Å². The van der Waals surface area contributed by atoms with Crippen LogP contribution in [0.15, 0.2) is 70.9 Å². The van der Waals surface area contributed by atoms with Gasteiger partial charge in [0.25, 0.3) is 0 Å². The molecule has 0 aliphatic heterocycles. The van der Waals surface area contributed by atoms with E-state index in [0.717, 1.165) is 0 Å². The molecule has 0 saturated heterocycles. The highest BCUT2D eigenvalue weighted by molar-refractivity contribution is 5.86. The van der Waals surface area contributed by atoms with Crippen molar-refractivity contribution in [2.75, 3.05) is 52.9 Å². The number of hydrogen-bond donors (Lipinski definition) is 0. The molecule has 9 nitrogen and oxygen atoms in total. The van der Waals surface area contributed by atoms with Crippen molar-refractivity contribution in [1.82, 2.24) is 0 Å². The van der Waals surface area contributed by atoms with Crippen molar-refractivity contribution in [3.8, 4) is 11.8 Å². The lowest BCUT2D eigenvalue weighted by Crippen LogP contribution is -2.15. The summed E-state index contributed by atoms with van der Waals surface area (Å²) in [5, 5.41) is 17.1. The van der Waals surface area contributed by atoms with E-state index < -0.39 is 5.97 Å². The molecule has 0 spiro atoms. The molecule has 0 unspecified atom stereocenters. The summed E-state index contributed by atoms with van der Waals surface area (Å²) in [6, 6.07) is 16.2. The van der Waals surface area contributed by atoms with Crippen molar-refractivity contribution < 1.29 is 28.5 Å². The van der Waals surface area contributed by atoms with Crippen molar-refractivity contribution in [2.24, 2.45) is 10.2 Å². The lowest BCUT2D eigenvalue weighted by atomic mass is 10.2. The molecule has 0 radical (unpaired) electrons. The zero-order valence-corrected chi connectivity index (χ0v) is 19.3. The van der Waals surface area contributed by atoms with E-state index in [2.05, 4.69) is 22.9 Å². The predicted octanol–water partition coefficient (Wildman–Crippen LogP) is 4.52. The molecular formula is C25H29N3O6. The van der Waals surface area contributed by atoms with E-state index >= 15 is 0 Å². The number of azo groups is 1. The molecule has 0 atom stereocenters. The highest BCUT2D eigenvalue weighted by Crippen LogP contribution is 2.21. The molecule has 0 N–H and O–H groups in total. The largest absolute Gasteiger partial charge is 0.491 e. The molecule has 0 fully saturated rings. The Labute approximate surface area is 199 Å². The van der Waals surface area contributed by atoms with Crippen molar-refractivity contribution in [1.29, 1.82) is 5.26 Å². The van der Waals surface area contributed by atoms with Gasteiger partial charge in [0.05, 0.1) is 62.6 Å². The third-order valence-electron chi connectivity index (χ3n) is 4.16. The third kappa shape index (κ3) is 11.3. The molecule has 0 aliphatic carbocycles. The Morgan fingerprint density at radius 2 is 1.26 bits per heavy atom. The van der Waals surface area contributed by atoms with Crippen LogP contribution >= 0.6 is 0 Å².